The Bertz CT molecular complexity index is 1070. The fourth-order valence-electron chi connectivity index (χ4n) is 5.80. The van der Waals surface area contributed by atoms with Crippen molar-refractivity contribution in [2.75, 3.05) is 19.6 Å². The zero-order valence-corrected chi connectivity index (χ0v) is 19.9. The van der Waals surface area contributed by atoms with Crippen LogP contribution in [0.2, 0.25) is 0 Å². The van der Waals surface area contributed by atoms with E-state index >= 15 is 0 Å². The highest BCUT2D eigenvalue weighted by molar-refractivity contribution is 5.85. The summed E-state index contributed by atoms with van der Waals surface area (Å²) in [5.41, 5.74) is -0.221. The summed E-state index contributed by atoms with van der Waals surface area (Å²) in [6, 6.07) is 11.6. The maximum absolute atomic E-state index is 13.7. The van der Waals surface area contributed by atoms with Gasteiger partial charge in [-0.15, -0.1) is 0 Å². The Balaban J connectivity index is 1.57. The number of hydrogen-bond donors (Lipinski definition) is 1. The largest absolute Gasteiger partial charge is 0.416 e. The second-order valence-corrected chi connectivity index (χ2v) is 10.1. The maximum atomic E-state index is 13.7. The van der Waals surface area contributed by atoms with E-state index < -0.39 is 17.7 Å². The van der Waals surface area contributed by atoms with E-state index in [-0.39, 0.29) is 40.4 Å². The molecule has 2 atom stereocenters. The Morgan fingerprint density at radius 1 is 1.06 bits per heavy atom. The summed E-state index contributed by atoms with van der Waals surface area (Å²) in [6.45, 7) is 4.68. The molecule has 1 N–H and O–H groups in total. The molecule has 2 aliphatic heterocycles. The predicted octanol–water partition coefficient (Wildman–Crippen LogP) is 5.50. The van der Waals surface area contributed by atoms with Gasteiger partial charge in [-0.3, -0.25) is 9.59 Å². The Hall–Kier alpha value is -2.90. The number of halogens is 4. The third-order valence-electron chi connectivity index (χ3n) is 7.63. The van der Waals surface area contributed by atoms with Gasteiger partial charge in [-0.2, -0.15) is 13.2 Å². The van der Waals surface area contributed by atoms with Crippen LogP contribution in [0.5, 0.6) is 0 Å². The van der Waals surface area contributed by atoms with Gasteiger partial charge in [0.2, 0.25) is 11.8 Å². The Labute approximate surface area is 202 Å². The number of nitrogens with zero attached hydrogens (tertiary/aromatic N) is 1. The number of carbonyl (C=O) groups excluding carboxylic acids is 2. The number of alkyl halides is 3. The monoisotopic (exact) mass is 490 g/mol. The first-order valence-electron chi connectivity index (χ1n) is 12.0. The molecule has 2 fully saturated rings. The summed E-state index contributed by atoms with van der Waals surface area (Å²) in [6.07, 6.45) is -3.13. The summed E-state index contributed by atoms with van der Waals surface area (Å²) >= 11 is 0. The molecule has 188 valence electrons. The molecule has 4 rings (SSSR count). The minimum Gasteiger partial charge on any atom is -0.355 e. The molecule has 2 heterocycles. The second-order valence-electron chi connectivity index (χ2n) is 10.1. The van der Waals surface area contributed by atoms with E-state index in [1.165, 1.54) is 30.3 Å². The van der Waals surface area contributed by atoms with Gasteiger partial charge in [-0.1, -0.05) is 44.2 Å². The molecule has 0 unspecified atom stereocenters. The third kappa shape index (κ3) is 5.07. The quantitative estimate of drug-likeness (QED) is 0.576. The van der Waals surface area contributed by atoms with E-state index in [0.717, 1.165) is 11.6 Å². The summed E-state index contributed by atoms with van der Waals surface area (Å²) in [5, 5.41) is 2.91. The Morgan fingerprint density at radius 3 is 2.29 bits per heavy atom. The van der Waals surface area contributed by atoms with Crippen molar-refractivity contribution in [1.29, 1.82) is 0 Å². The maximum Gasteiger partial charge on any atom is 0.416 e. The average molecular weight is 491 g/mol. The van der Waals surface area contributed by atoms with Crippen LogP contribution in [0, 0.1) is 17.2 Å². The Morgan fingerprint density at radius 2 is 1.69 bits per heavy atom. The van der Waals surface area contributed by atoms with Crippen LogP contribution in [-0.2, 0) is 15.8 Å². The summed E-state index contributed by atoms with van der Waals surface area (Å²) in [4.78, 5) is 27.6. The second kappa shape index (κ2) is 9.63. The summed E-state index contributed by atoms with van der Waals surface area (Å²) in [5.74, 6) is -1.96. The van der Waals surface area contributed by atoms with Crippen LogP contribution in [0.3, 0.4) is 0 Å². The fourth-order valence-corrected chi connectivity index (χ4v) is 5.80. The number of carbonyl (C=O) groups is 2. The number of hydrogen-bond acceptors (Lipinski definition) is 2. The lowest BCUT2D eigenvalue weighted by molar-refractivity contribution is -0.141. The van der Waals surface area contributed by atoms with Crippen LogP contribution in [0.25, 0.3) is 0 Å². The lowest BCUT2D eigenvalue weighted by atomic mass is 9.62. The van der Waals surface area contributed by atoms with E-state index in [9.17, 15) is 27.2 Å². The number of benzene rings is 2. The molecule has 8 heteroatoms. The first kappa shape index (κ1) is 25.2. The molecule has 4 nitrogen and oxygen atoms in total. The molecule has 2 amide bonds. The molecule has 2 aromatic rings. The lowest BCUT2D eigenvalue weighted by Crippen LogP contribution is -2.53. The normalized spacial score (nSPS) is 21.2. The van der Waals surface area contributed by atoms with Gasteiger partial charge in [-0.05, 0) is 53.5 Å². The van der Waals surface area contributed by atoms with Gasteiger partial charge >= 0.3 is 6.18 Å². The number of likely N-dealkylation sites (tertiary alicyclic amines) is 1. The van der Waals surface area contributed by atoms with Crippen molar-refractivity contribution in [3.05, 3.63) is 71.0 Å². The lowest BCUT2D eigenvalue weighted by Gasteiger charge is -2.49. The highest BCUT2D eigenvalue weighted by atomic mass is 19.4. The van der Waals surface area contributed by atoms with Gasteiger partial charge in [-0.25, -0.2) is 4.39 Å². The molecule has 1 spiro atoms. The van der Waals surface area contributed by atoms with E-state index in [1.54, 1.807) is 30.9 Å². The molecule has 0 saturated carbocycles. The van der Waals surface area contributed by atoms with E-state index in [1.807, 2.05) is 0 Å². The first-order valence-corrected chi connectivity index (χ1v) is 12.0. The van der Waals surface area contributed by atoms with E-state index in [4.69, 9.17) is 0 Å². The fraction of sp³-hybridized carbons (Fsp3) is 0.481. The van der Waals surface area contributed by atoms with Crippen LogP contribution in [-0.4, -0.2) is 36.3 Å². The standard InChI is InChI=1S/C27H30F4N2O2/c1-17(2)24(20-5-3-4-6-21(20)27(29,30)31)25(35)33-13-11-26(12-14-33)15-23(34)32-16-22(26)18-7-9-19(28)10-8-18/h3-10,17,22,24H,11-16H2,1-2H3,(H,32,34)/t22-,24+/m0/s1. The number of nitrogens with one attached hydrogen (secondary N) is 1. The van der Waals surface area contributed by atoms with Crippen molar-refractivity contribution in [2.24, 2.45) is 11.3 Å². The number of rotatable bonds is 4. The Kier molecular flexibility index (Phi) is 6.93. The molecule has 0 bridgehead atoms. The molecule has 0 radical (unpaired) electrons. The summed E-state index contributed by atoms with van der Waals surface area (Å²) in [7, 11) is 0. The van der Waals surface area contributed by atoms with Crippen molar-refractivity contribution in [3.63, 3.8) is 0 Å². The number of piperidine rings is 2. The molecular formula is C27H30F4N2O2. The zero-order valence-electron chi connectivity index (χ0n) is 19.9. The van der Waals surface area contributed by atoms with Gasteiger partial charge in [0.15, 0.2) is 0 Å². The van der Waals surface area contributed by atoms with Gasteiger partial charge in [0.05, 0.1) is 11.5 Å². The van der Waals surface area contributed by atoms with Crippen LogP contribution >= 0.6 is 0 Å². The average Bonchev–Trinajstić information content (AvgIpc) is 2.80. The van der Waals surface area contributed by atoms with Crippen LogP contribution in [0.15, 0.2) is 48.5 Å². The van der Waals surface area contributed by atoms with Crippen LogP contribution in [0.1, 0.15) is 61.6 Å². The van der Waals surface area contributed by atoms with Crippen LogP contribution < -0.4 is 5.32 Å². The smallest absolute Gasteiger partial charge is 0.355 e. The van der Waals surface area contributed by atoms with Crippen molar-refractivity contribution < 1.29 is 27.2 Å². The van der Waals surface area contributed by atoms with Gasteiger partial charge in [0.1, 0.15) is 5.82 Å². The third-order valence-corrected chi connectivity index (χ3v) is 7.63. The molecule has 35 heavy (non-hydrogen) atoms. The van der Waals surface area contributed by atoms with Gasteiger partial charge in [0.25, 0.3) is 0 Å². The predicted molar refractivity (Wildman–Crippen MR) is 124 cm³/mol. The minimum absolute atomic E-state index is 0.00141. The highest BCUT2D eigenvalue weighted by Crippen LogP contribution is 2.49. The van der Waals surface area contributed by atoms with Crippen molar-refractivity contribution >= 4 is 11.8 Å². The molecular weight excluding hydrogens is 460 g/mol. The van der Waals surface area contributed by atoms with E-state index in [0.29, 0.717) is 38.9 Å². The number of amides is 2. The molecule has 2 aliphatic rings. The molecule has 0 aliphatic carbocycles. The van der Waals surface area contributed by atoms with Crippen molar-refractivity contribution in [2.45, 2.75) is 51.1 Å². The molecule has 0 aromatic heterocycles. The first-order chi connectivity index (χ1) is 16.5. The summed E-state index contributed by atoms with van der Waals surface area (Å²) < 4.78 is 54.6. The van der Waals surface area contributed by atoms with Crippen molar-refractivity contribution in [3.8, 4) is 0 Å². The van der Waals surface area contributed by atoms with E-state index in [2.05, 4.69) is 5.32 Å². The highest BCUT2D eigenvalue weighted by Gasteiger charge is 2.48. The SMILES string of the molecule is CC(C)[C@@H](C(=O)N1CCC2(CC1)CC(=O)NC[C@H]2c1ccc(F)cc1)c1ccccc1C(F)(F)F. The van der Waals surface area contributed by atoms with Gasteiger partial charge in [0, 0.05) is 32.0 Å². The van der Waals surface area contributed by atoms with Crippen LogP contribution in [0.4, 0.5) is 17.6 Å². The topological polar surface area (TPSA) is 49.4 Å². The molecule has 2 aromatic carbocycles. The minimum atomic E-state index is -4.55. The van der Waals surface area contributed by atoms with Gasteiger partial charge < -0.3 is 10.2 Å². The van der Waals surface area contributed by atoms with Crippen molar-refractivity contribution in [1.82, 2.24) is 10.2 Å². The zero-order chi connectivity index (χ0) is 25.4. The molecule has 2 saturated heterocycles.